The molecule has 8 nitrogen and oxygen atoms in total. The maximum absolute atomic E-state index is 13.7. The van der Waals surface area contributed by atoms with E-state index < -0.39 is 10.0 Å². The number of aromatic nitrogens is 2. The zero-order chi connectivity index (χ0) is 26.0. The van der Waals surface area contributed by atoms with Crippen molar-refractivity contribution in [1.82, 2.24) is 14.3 Å². The van der Waals surface area contributed by atoms with Gasteiger partial charge in [0.25, 0.3) is 5.91 Å². The summed E-state index contributed by atoms with van der Waals surface area (Å²) in [7, 11) is -2.01. The van der Waals surface area contributed by atoms with Gasteiger partial charge in [-0.15, -0.1) is 0 Å². The highest BCUT2D eigenvalue weighted by Gasteiger charge is 2.29. The SMILES string of the molecule is COc1ccc2sc(N(Cc3ccccn3)C(=O)c3ccc(S(=O)(=O)N4CCCC(C)C4)cc3)nc2c1. The third-order valence-corrected chi connectivity index (χ3v) is 9.40. The summed E-state index contributed by atoms with van der Waals surface area (Å²) < 4.78 is 34.1. The molecule has 5 rings (SSSR count). The van der Waals surface area contributed by atoms with Gasteiger partial charge in [0, 0.05) is 30.9 Å². The zero-order valence-electron chi connectivity index (χ0n) is 20.7. The second-order valence-corrected chi connectivity index (χ2v) is 12.1. The summed E-state index contributed by atoms with van der Waals surface area (Å²) in [5, 5.41) is 0.526. The number of rotatable bonds is 7. The number of piperidine rings is 1. The Labute approximate surface area is 220 Å². The number of sulfonamides is 1. The van der Waals surface area contributed by atoms with E-state index in [0.717, 1.165) is 23.1 Å². The number of pyridine rings is 1. The first-order valence-corrected chi connectivity index (χ1v) is 14.4. The normalized spacial score (nSPS) is 16.5. The molecule has 1 amide bonds. The molecule has 0 radical (unpaired) electrons. The minimum atomic E-state index is -3.61. The largest absolute Gasteiger partial charge is 0.497 e. The molecule has 1 aliphatic rings. The second-order valence-electron chi connectivity index (χ2n) is 9.18. The van der Waals surface area contributed by atoms with E-state index in [-0.39, 0.29) is 17.3 Å². The van der Waals surface area contributed by atoms with Gasteiger partial charge in [-0.2, -0.15) is 4.31 Å². The van der Waals surface area contributed by atoms with E-state index in [1.54, 1.807) is 34.6 Å². The van der Waals surface area contributed by atoms with Gasteiger partial charge in [-0.25, -0.2) is 13.4 Å². The molecule has 1 saturated heterocycles. The van der Waals surface area contributed by atoms with Crippen molar-refractivity contribution >= 4 is 42.6 Å². The van der Waals surface area contributed by atoms with E-state index in [2.05, 4.69) is 11.9 Å². The molecule has 3 heterocycles. The van der Waals surface area contributed by atoms with Gasteiger partial charge in [-0.05, 0) is 67.3 Å². The van der Waals surface area contributed by atoms with Gasteiger partial charge in [0.15, 0.2) is 5.13 Å². The smallest absolute Gasteiger partial charge is 0.260 e. The molecule has 1 aliphatic heterocycles. The Morgan fingerprint density at radius 2 is 1.97 bits per heavy atom. The maximum Gasteiger partial charge on any atom is 0.260 e. The molecule has 0 N–H and O–H groups in total. The van der Waals surface area contributed by atoms with Crippen molar-refractivity contribution in [3.05, 3.63) is 78.1 Å². The van der Waals surface area contributed by atoms with Crippen molar-refractivity contribution < 1.29 is 17.9 Å². The zero-order valence-corrected chi connectivity index (χ0v) is 22.3. The van der Waals surface area contributed by atoms with Crippen LogP contribution in [0.25, 0.3) is 10.2 Å². The molecule has 1 fully saturated rings. The number of carbonyl (C=O) groups is 1. The number of ether oxygens (including phenoxy) is 1. The van der Waals surface area contributed by atoms with E-state index in [1.807, 2.05) is 36.4 Å². The van der Waals surface area contributed by atoms with Crippen LogP contribution in [0.4, 0.5) is 5.13 Å². The summed E-state index contributed by atoms with van der Waals surface area (Å²) in [5.74, 6) is 0.734. The number of hydrogen-bond acceptors (Lipinski definition) is 7. The molecule has 2 aromatic carbocycles. The average Bonchev–Trinajstić information content (AvgIpc) is 3.35. The first-order valence-electron chi connectivity index (χ1n) is 12.1. The number of carbonyl (C=O) groups excluding carboxylic acids is 1. The van der Waals surface area contributed by atoms with E-state index >= 15 is 0 Å². The van der Waals surface area contributed by atoms with Gasteiger partial charge in [0.2, 0.25) is 10.0 Å². The van der Waals surface area contributed by atoms with Crippen LogP contribution < -0.4 is 9.64 Å². The van der Waals surface area contributed by atoms with Crippen LogP contribution in [0.2, 0.25) is 0 Å². The number of thiazole rings is 1. The molecule has 1 atom stereocenters. The van der Waals surface area contributed by atoms with Crippen molar-refractivity contribution in [3.8, 4) is 5.75 Å². The standard InChI is InChI=1S/C27H28N4O4S2/c1-19-6-5-15-30(17-19)37(33,34)23-11-8-20(9-12-23)26(32)31(18-21-7-3-4-14-28-21)27-29-24-16-22(35-2)10-13-25(24)36-27/h3-4,7-14,16,19H,5-6,15,17-18H2,1-2H3. The first kappa shape index (κ1) is 25.3. The summed E-state index contributed by atoms with van der Waals surface area (Å²) in [6.07, 6.45) is 3.57. The van der Waals surface area contributed by atoms with Gasteiger partial charge in [-0.1, -0.05) is 24.3 Å². The van der Waals surface area contributed by atoms with Crippen LogP contribution in [0.15, 0.2) is 71.8 Å². The lowest BCUT2D eigenvalue weighted by Gasteiger charge is -2.30. The number of fused-ring (bicyclic) bond motifs is 1. The molecule has 0 bridgehead atoms. The molecule has 37 heavy (non-hydrogen) atoms. The number of benzene rings is 2. The van der Waals surface area contributed by atoms with Crippen molar-refractivity contribution in [2.24, 2.45) is 5.92 Å². The third kappa shape index (κ3) is 5.36. The number of anilines is 1. The molecule has 1 unspecified atom stereocenters. The molecule has 0 spiro atoms. The van der Waals surface area contributed by atoms with Crippen LogP contribution in [0.1, 0.15) is 35.8 Å². The van der Waals surface area contributed by atoms with Crippen LogP contribution in [0.3, 0.4) is 0 Å². The Morgan fingerprint density at radius 3 is 2.68 bits per heavy atom. The van der Waals surface area contributed by atoms with E-state index in [0.29, 0.717) is 41.1 Å². The summed E-state index contributed by atoms with van der Waals surface area (Å²) in [4.78, 5) is 24.6. The molecule has 0 saturated carbocycles. The van der Waals surface area contributed by atoms with Crippen molar-refractivity contribution in [2.75, 3.05) is 25.1 Å². The van der Waals surface area contributed by atoms with Gasteiger partial charge in [0.1, 0.15) is 5.75 Å². The molecule has 0 aliphatic carbocycles. The lowest BCUT2D eigenvalue weighted by molar-refractivity contribution is 0.0984. The molecule has 10 heteroatoms. The van der Waals surface area contributed by atoms with Crippen molar-refractivity contribution in [1.29, 1.82) is 0 Å². The van der Waals surface area contributed by atoms with Gasteiger partial charge in [-0.3, -0.25) is 14.7 Å². The van der Waals surface area contributed by atoms with Gasteiger partial charge in [0.05, 0.1) is 34.5 Å². The predicted octanol–water partition coefficient (Wildman–Crippen LogP) is 4.97. The summed E-state index contributed by atoms with van der Waals surface area (Å²) in [6.45, 7) is 3.33. The number of amides is 1. The minimum absolute atomic E-state index is 0.196. The second kappa shape index (κ2) is 10.6. The Kier molecular flexibility index (Phi) is 7.23. The highest BCUT2D eigenvalue weighted by molar-refractivity contribution is 7.89. The Hall–Kier alpha value is -3.34. The molecular formula is C27H28N4O4S2. The highest BCUT2D eigenvalue weighted by atomic mass is 32.2. The number of methoxy groups -OCH3 is 1. The topological polar surface area (TPSA) is 92.7 Å². The van der Waals surface area contributed by atoms with Gasteiger partial charge < -0.3 is 4.74 Å². The number of hydrogen-bond donors (Lipinski definition) is 0. The number of nitrogens with zero attached hydrogens (tertiary/aromatic N) is 4. The van der Waals surface area contributed by atoms with E-state index in [4.69, 9.17) is 9.72 Å². The van der Waals surface area contributed by atoms with Crippen LogP contribution in [0, 0.1) is 5.92 Å². The van der Waals surface area contributed by atoms with Crippen LogP contribution in [-0.4, -0.2) is 48.8 Å². The van der Waals surface area contributed by atoms with Crippen LogP contribution >= 0.6 is 11.3 Å². The summed E-state index contributed by atoms with van der Waals surface area (Å²) in [6, 6.07) is 17.3. The fraction of sp³-hybridized carbons (Fsp3) is 0.296. The minimum Gasteiger partial charge on any atom is -0.497 e. The van der Waals surface area contributed by atoms with E-state index in [1.165, 1.54) is 23.5 Å². The molecule has 2 aromatic heterocycles. The fourth-order valence-corrected chi connectivity index (χ4v) is 7.00. The monoisotopic (exact) mass is 536 g/mol. The lowest BCUT2D eigenvalue weighted by atomic mass is 10.0. The summed E-state index contributed by atoms with van der Waals surface area (Å²) in [5.41, 5.74) is 1.82. The fourth-order valence-electron chi connectivity index (χ4n) is 4.46. The molecule has 192 valence electrons. The lowest BCUT2D eigenvalue weighted by Crippen LogP contribution is -2.39. The maximum atomic E-state index is 13.7. The summed E-state index contributed by atoms with van der Waals surface area (Å²) >= 11 is 1.40. The van der Waals surface area contributed by atoms with Gasteiger partial charge >= 0.3 is 0 Å². The Balaban J connectivity index is 1.46. The molecule has 4 aromatic rings. The van der Waals surface area contributed by atoms with Crippen LogP contribution in [-0.2, 0) is 16.6 Å². The Morgan fingerprint density at radius 1 is 1.16 bits per heavy atom. The predicted molar refractivity (Wildman–Crippen MR) is 145 cm³/mol. The van der Waals surface area contributed by atoms with Crippen LogP contribution in [0.5, 0.6) is 5.75 Å². The molecular weight excluding hydrogens is 508 g/mol. The first-order chi connectivity index (χ1) is 17.8. The van der Waals surface area contributed by atoms with E-state index in [9.17, 15) is 13.2 Å². The van der Waals surface area contributed by atoms with Crippen molar-refractivity contribution in [3.63, 3.8) is 0 Å². The third-order valence-electron chi connectivity index (χ3n) is 6.46. The highest BCUT2D eigenvalue weighted by Crippen LogP contribution is 2.33. The van der Waals surface area contributed by atoms with Crippen molar-refractivity contribution in [2.45, 2.75) is 31.2 Å². The Bertz CT molecular complexity index is 1500. The quantitative estimate of drug-likeness (QED) is 0.331. The average molecular weight is 537 g/mol.